The number of hydrogen-bond acceptors (Lipinski definition) is 6. The van der Waals surface area contributed by atoms with Gasteiger partial charge in [-0.2, -0.15) is 0 Å². The Hall–Kier alpha value is -2.93. The van der Waals surface area contributed by atoms with Gasteiger partial charge in [-0.25, -0.2) is 4.79 Å². The van der Waals surface area contributed by atoms with Crippen LogP contribution in [0.15, 0.2) is 48.5 Å². The Kier molecular flexibility index (Phi) is 7.11. The summed E-state index contributed by atoms with van der Waals surface area (Å²) >= 11 is 0. The van der Waals surface area contributed by atoms with Gasteiger partial charge in [0.05, 0.1) is 17.6 Å². The maximum Gasteiger partial charge on any atom is 0.340 e. The van der Waals surface area contributed by atoms with E-state index in [1.807, 2.05) is 25.1 Å². The monoisotopic (exact) mass is 357 g/mol. The SMILES string of the molecule is COC(=O)c1cccc([N+](=O)[O-])c1NCC(C)NCCc1ccccc1. The first kappa shape index (κ1) is 19.4. The fraction of sp³-hybridized carbons (Fsp3) is 0.316. The molecule has 0 bridgehead atoms. The number of nitro benzene ring substituents is 1. The van der Waals surface area contributed by atoms with Crippen molar-refractivity contribution in [1.29, 1.82) is 0 Å². The predicted octanol–water partition coefficient (Wildman–Crippen LogP) is 3.01. The van der Waals surface area contributed by atoms with Gasteiger partial charge in [0.25, 0.3) is 5.69 Å². The average molecular weight is 357 g/mol. The van der Waals surface area contributed by atoms with Crippen LogP contribution in [0.2, 0.25) is 0 Å². The van der Waals surface area contributed by atoms with Crippen molar-refractivity contribution in [2.75, 3.05) is 25.5 Å². The number of esters is 1. The van der Waals surface area contributed by atoms with Crippen molar-refractivity contribution < 1.29 is 14.5 Å². The van der Waals surface area contributed by atoms with E-state index in [0.717, 1.165) is 13.0 Å². The Morgan fingerprint density at radius 2 is 1.92 bits per heavy atom. The summed E-state index contributed by atoms with van der Waals surface area (Å²) < 4.78 is 4.72. The van der Waals surface area contributed by atoms with Crippen molar-refractivity contribution in [2.45, 2.75) is 19.4 Å². The second kappa shape index (κ2) is 9.53. The van der Waals surface area contributed by atoms with Crippen LogP contribution >= 0.6 is 0 Å². The molecule has 138 valence electrons. The largest absolute Gasteiger partial charge is 0.465 e. The zero-order valence-electron chi connectivity index (χ0n) is 14.9. The molecule has 2 aromatic rings. The first-order valence-electron chi connectivity index (χ1n) is 8.39. The number of ether oxygens (including phenoxy) is 1. The van der Waals surface area contributed by atoms with Gasteiger partial charge in [-0.15, -0.1) is 0 Å². The Balaban J connectivity index is 1.97. The van der Waals surface area contributed by atoms with Crippen LogP contribution in [-0.4, -0.2) is 37.1 Å². The molecule has 0 radical (unpaired) electrons. The zero-order chi connectivity index (χ0) is 18.9. The molecule has 0 fully saturated rings. The van der Waals surface area contributed by atoms with Crippen LogP contribution in [0, 0.1) is 10.1 Å². The molecular formula is C19H23N3O4. The highest BCUT2D eigenvalue weighted by atomic mass is 16.6. The predicted molar refractivity (Wildman–Crippen MR) is 101 cm³/mol. The van der Waals surface area contributed by atoms with E-state index in [9.17, 15) is 14.9 Å². The van der Waals surface area contributed by atoms with Crippen LogP contribution in [0.4, 0.5) is 11.4 Å². The number of nitro groups is 1. The second-order valence-corrected chi connectivity index (χ2v) is 5.92. The molecule has 1 unspecified atom stereocenters. The topological polar surface area (TPSA) is 93.5 Å². The Morgan fingerprint density at radius 1 is 1.19 bits per heavy atom. The van der Waals surface area contributed by atoms with Gasteiger partial charge in [0, 0.05) is 18.7 Å². The standard InChI is InChI=1S/C19H23N3O4/c1-14(20-12-11-15-7-4-3-5-8-15)13-21-18-16(19(23)26-2)9-6-10-17(18)22(24)25/h3-10,14,20-21H,11-13H2,1-2H3. The Bertz CT molecular complexity index is 750. The van der Waals surface area contributed by atoms with Gasteiger partial charge in [0.1, 0.15) is 5.69 Å². The minimum Gasteiger partial charge on any atom is -0.465 e. The third kappa shape index (κ3) is 5.29. The number of hydrogen-bond donors (Lipinski definition) is 2. The van der Waals surface area contributed by atoms with Crippen LogP contribution in [0.5, 0.6) is 0 Å². The first-order valence-corrected chi connectivity index (χ1v) is 8.39. The van der Waals surface area contributed by atoms with Crippen molar-refractivity contribution in [3.05, 3.63) is 69.8 Å². The van der Waals surface area contributed by atoms with E-state index in [4.69, 9.17) is 4.74 Å². The summed E-state index contributed by atoms with van der Waals surface area (Å²) in [6.45, 7) is 3.20. The van der Waals surface area contributed by atoms with E-state index in [-0.39, 0.29) is 23.0 Å². The maximum atomic E-state index is 11.9. The first-order chi connectivity index (χ1) is 12.5. The molecular weight excluding hydrogens is 334 g/mol. The molecule has 0 aromatic heterocycles. The summed E-state index contributed by atoms with van der Waals surface area (Å²) in [5.74, 6) is -0.610. The summed E-state index contributed by atoms with van der Waals surface area (Å²) in [5, 5.41) is 17.6. The molecule has 7 heteroatoms. The van der Waals surface area contributed by atoms with Gasteiger partial charge in [0.15, 0.2) is 0 Å². The van der Waals surface area contributed by atoms with E-state index in [1.54, 1.807) is 0 Å². The van der Waals surface area contributed by atoms with Crippen molar-refractivity contribution in [2.24, 2.45) is 0 Å². The van der Waals surface area contributed by atoms with Gasteiger partial charge >= 0.3 is 5.97 Å². The van der Waals surface area contributed by atoms with Crippen molar-refractivity contribution in [1.82, 2.24) is 5.32 Å². The van der Waals surface area contributed by atoms with Gasteiger partial charge in [-0.05, 0) is 31.5 Å². The molecule has 7 nitrogen and oxygen atoms in total. The van der Waals surface area contributed by atoms with E-state index in [1.165, 1.54) is 30.9 Å². The van der Waals surface area contributed by atoms with Crippen molar-refractivity contribution >= 4 is 17.3 Å². The molecule has 0 spiro atoms. The molecule has 2 aromatic carbocycles. The van der Waals surface area contributed by atoms with Crippen molar-refractivity contribution in [3.8, 4) is 0 Å². The smallest absolute Gasteiger partial charge is 0.340 e. The van der Waals surface area contributed by atoms with Crippen molar-refractivity contribution in [3.63, 3.8) is 0 Å². The molecule has 0 saturated heterocycles. The zero-order valence-corrected chi connectivity index (χ0v) is 14.9. The molecule has 1 atom stereocenters. The molecule has 2 N–H and O–H groups in total. The Labute approximate surface area is 152 Å². The number of rotatable bonds is 9. The van der Waals surface area contributed by atoms with E-state index < -0.39 is 10.9 Å². The number of methoxy groups -OCH3 is 1. The lowest BCUT2D eigenvalue weighted by molar-refractivity contribution is -0.384. The van der Waals surface area contributed by atoms with Gasteiger partial charge in [0.2, 0.25) is 0 Å². The summed E-state index contributed by atoms with van der Waals surface area (Å²) in [6.07, 6.45) is 0.893. The number of nitrogens with zero attached hydrogens (tertiary/aromatic N) is 1. The number of para-hydroxylation sites is 1. The van der Waals surface area contributed by atoms with Crippen LogP contribution < -0.4 is 10.6 Å². The number of benzene rings is 2. The highest BCUT2D eigenvalue weighted by Crippen LogP contribution is 2.28. The number of carbonyl (C=O) groups is 1. The highest BCUT2D eigenvalue weighted by molar-refractivity contribution is 5.98. The van der Waals surface area contributed by atoms with Crippen LogP contribution in [0.3, 0.4) is 0 Å². The van der Waals surface area contributed by atoms with Crippen LogP contribution in [-0.2, 0) is 11.2 Å². The second-order valence-electron chi connectivity index (χ2n) is 5.92. The Morgan fingerprint density at radius 3 is 2.58 bits per heavy atom. The maximum absolute atomic E-state index is 11.9. The quantitative estimate of drug-likeness (QED) is 0.407. The fourth-order valence-electron chi connectivity index (χ4n) is 2.59. The third-order valence-corrected chi connectivity index (χ3v) is 3.98. The summed E-state index contributed by atoms with van der Waals surface area (Å²) in [6, 6.07) is 14.5. The van der Waals surface area contributed by atoms with Gasteiger partial charge in [-0.1, -0.05) is 36.4 Å². The fourth-order valence-corrected chi connectivity index (χ4v) is 2.59. The lowest BCUT2D eigenvalue weighted by Gasteiger charge is -2.17. The van der Waals surface area contributed by atoms with Crippen LogP contribution in [0.25, 0.3) is 0 Å². The number of anilines is 1. The number of nitrogens with one attached hydrogen (secondary N) is 2. The van der Waals surface area contributed by atoms with E-state index in [0.29, 0.717) is 6.54 Å². The lowest BCUT2D eigenvalue weighted by Crippen LogP contribution is -2.34. The van der Waals surface area contributed by atoms with Gasteiger partial charge < -0.3 is 15.4 Å². The van der Waals surface area contributed by atoms with E-state index >= 15 is 0 Å². The minimum absolute atomic E-state index is 0.0593. The molecule has 0 heterocycles. The minimum atomic E-state index is -0.610. The molecule has 0 aliphatic carbocycles. The molecule has 0 amide bonds. The lowest BCUT2D eigenvalue weighted by atomic mass is 10.1. The van der Waals surface area contributed by atoms with Gasteiger partial charge in [-0.3, -0.25) is 10.1 Å². The molecule has 2 rings (SSSR count). The van der Waals surface area contributed by atoms with E-state index in [2.05, 4.69) is 22.8 Å². The molecule has 26 heavy (non-hydrogen) atoms. The molecule has 0 saturated carbocycles. The highest BCUT2D eigenvalue weighted by Gasteiger charge is 2.22. The summed E-state index contributed by atoms with van der Waals surface area (Å²) in [5.41, 5.74) is 1.43. The summed E-state index contributed by atoms with van der Waals surface area (Å²) in [4.78, 5) is 22.6. The third-order valence-electron chi connectivity index (χ3n) is 3.98. The number of carbonyl (C=O) groups excluding carboxylic acids is 1. The average Bonchev–Trinajstić information content (AvgIpc) is 2.66. The summed E-state index contributed by atoms with van der Waals surface area (Å²) in [7, 11) is 1.25. The van der Waals surface area contributed by atoms with Crippen LogP contribution in [0.1, 0.15) is 22.8 Å². The molecule has 0 aliphatic heterocycles. The normalized spacial score (nSPS) is 11.6. The molecule has 0 aliphatic rings.